The average Bonchev–Trinajstić information content (AvgIpc) is 3.11. The smallest absolute Gasteiger partial charge is 0.228 e. The number of halogens is 1. The van der Waals surface area contributed by atoms with Crippen LogP contribution in [-0.2, 0) is 4.79 Å². The summed E-state index contributed by atoms with van der Waals surface area (Å²) in [5.74, 6) is 0.729. The van der Waals surface area contributed by atoms with Gasteiger partial charge in [-0.3, -0.25) is 9.78 Å². The van der Waals surface area contributed by atoms with Gasteiger partial charge in [-0.15, -0.1) is 0 Å². The van der Waals surface area contributed by atoms with Crippen LogP contribution in [0.3, 0.4) is 0 Å². The van der Waals surface area contributed by atoms with Crippen molar-refractivity contribution in [3.63, 3.8) is 0 Å². The molecule has 2 N–H and O–H groups in total. The number of ether oxygens (including phenoxy) is 1. The van der Waals surface area contributed by atoms with E-state index in [0.717, 1.165) is 29.8 Å². The molecule has 0 bridgehead atoms. The minimum absolute atomic E-state index is 0.0159. The molecule has 1 aromatic carbocycles. The van der Waals surface area contributed by atoms with Crippen molar-refractivity contribution in [1.29, 1.82) is 0 Å². The first-order valence-corrected chi connectivity index (χ1v) is 7.86. The van der Waals surface area contributed by atoms with Crippen LogP contribution in [0.15, 0.2) is 36.7 Å². The van der Waals surface area contributed by atoms with Gasteiger partial charge < -0.3 is 15.4 Å². The van der Waals surface area contributed by atoms with Gasteiger partial charge in [0.1, 0.15) is 5.75 Å². The number of rotatable bonds is 4. The molecule has 1 unspecified atom stereocenters. The Morgan fingerprint density at radius 3 is 2.78 bits per heavy atom. The molecule has 1 saturated heterocycles. The Morgan fingerprint density at radius 1 is 1.35 bits per heavy atom. The number of nitrogens with one attached hydrogen (secondary N) is 2. The van der Waals surface area contributed by atoms with Crippen LogP contribution >= 0.6 is 11.6 Å². The highest BCUT2D eigenvalue weighted by atomic mass is 35.5. The molecule has 1 aliphatic rings. The first kappa shape index (κ1) is 15.8. The lowest BCUT2D eigenvalue weighted by atomic mass is 10.0. The number of pyridine rings is 1. The van der Waals surface area contributed by atoms with Crippen LogP contribution in [0, 0.1) is 5.92 Å². The quantitative estimate of drug-likeness (QED) is 0.904. The zero-order valence-corrected chi connectivity index (χ0v) is 13.6. The first-order chi connectivity index (χ1) is 11.2. The van der Waals surface area contributed by atoms with E-state index < -0.39 is 0 Å². The Labute approximate surface area is 140 Å². The van der Waals surface area contributed by atoms with E-state index in [2.05, 4.69) is 15.6 Å². The summed E-state index contributed by atoms with van der Waals surface area (Å²) in [6.45, 7) is 1.57. The summed E-state index contributed by atoms with van der Waals surface area (Å²) < 4.78 is 5.17. The molecule has 2 aromatic rings. The Balaban J connectivity index is 1.91. The van der Waals surface area contributed by atoms with E-state index in [4.69, 9.17) is 16.3 Å². The predicted octanol–water partition coefficient (Wildman–Crippen LogP) is 2.96. The highest BCUT2D eigenvalue weighted by molar-refractivity contribution is 6.34. The maximum Gasteiger partial charge on any atom is 0.228 e. The highest BCUT2D eigenvalue weighted by Crippen LogP contribution is 2.34. The molecule has 1 fully saturated rings. The summed E-state index contributed by atoms with van der Waals surface area (Å²) in [5, 5.41) is 6.59. The van der Waals surface area contributed by atoms with Crippen LogP contribution in [0.1, 0.15) is 6.42 Å². The molecule has 1 aromatic heterocycles. The van der Waals surface area contributed by atoms with Crippen LogP contribution in [0.25, 0.3) is 11.1 Å². The fraction of sp³-hybridized carbons (Fsp3) is 0.294. The van der Waals surface area contributed by atoms with E-state index in [1.54, 1.807) is 13.3 Å². The Hall–Kier alpha value is -2.11. The van der Waals surface area contributed by atoms with E-state index in [1.807, 2.05) is 24.3 Å². The van der Waals surface area contributed by atoms with E-state index in [9.17, 15) is 4.79 Å². The molecule has 120 valence electrons. The van der Waals surface area contributed by atoms with E-state index in [0.29, 0.717) is 17.3 Å². The molecule has 1 atom stereocenters. The van der Waals surface area contributed by atoms with Crippen molar-refractivity contribution < 1.29 is 9.53 Å². The fourth-order valence-corrected chi connectivity index (χ4v) is 2.86. The number of carbonyl (C=O) groups excluding carboxylic acids is 1. The minimum Gasteiger partial charge on any atom is -0.497 e. The molecule has 0 saturated carbocycles. The average molecular weight is 332 g/mol. The summed E-state index contributed by atoms with van der Waals surface area (Å²) in [6, 6.07) is 7.56. The number of carbonyl (C=O) groups is 1. The van der Waals surface area contributed by atoms with Gasteiger partial charge in [0.2, 0.25) is 5.91 Å². The number of hydrogen-bond donors (Lipinski definition) is 2. The molecule has 0 aliphatic carbocycles. The van der Waals surface area contributed by atoms with Gasteiger partial charge >= 0.3 is 0 Å². The molecular weight excluding hydrogens is 314 g/mol. The molecular formula is C17H18ClN3O2. The molecule has 5 nitrogen and oxygen atoms in total. The van der Waals surface area contributed by atoms with Crippen LogP contribution < -0.4 is 15.4 Å². The normalized spacial score (nSPS) is 17.0. The van der Waals surface area contributed by atoms with Gasteiger partial charge in [0.25, 0.3) is 0 Å². The Kier molecular flexibility index (Phi) is 4.79. The van der Waals surface area contributed by atoms with E-state index in [1.165, 1.54) is 6.20 Å². The van der Waals surface area contributed by atoms with Gasteiger partial charge in [-0.05, 0) is 30.7 Å². The minimum atomic E-state index is -0.0250. The third-order valence-corrected chi connectivity index (χ3v) is 4.27. The van der Waals surface area contributed by atoms with Crippen molar-refractivity contribution in [2.45, 2.75) is 6.42 Å². The molecule has 1 amide bonds. The largest absolute Gasteiger partial charge is 0.497 e. The molecule has 3 rings (SSSR count). The second kappa shape index (κ2) is 6.98. The van der Waals surface area contributed by atoms with Gasteiger partial charge in [0.05, 0.1) is 23.7 Å². The molecule has 2 heterocycles. The molecule has 0 radical (unpaired) electrons. The second-order valence-electron chi connectivity index (χ2n) is 5.45. The van der Waals surface area contributed by atoms with Crippen molar-refractivity contribution in [3.8, 4) is 16.9 Å². The van der Waals surface area contributed by atoms with Gasteiger partial charge in [-0.25, -0.2) is 0 Å². The lowest BCUT2D eigenvalue weighted by Gasteiger charge is -2.15. The molecule has 1 aliphatic heterocycles. The lowest BCUT2D eigenvalue weighted by Crippen LogP contribution is -2.25. The van der Waals surface area contributed by atoms with Crippen molar-refractivity contribution >= 4 is 23.2 Å². The maximum atomic E-state index is 12.4. The second-order valence-corrected chi connectivity index (χ2v) is 5.86. The number of benzene rings is 1. The van der Waals surface area contributed by atoms with Gasteiger partial charge in [-0.1, -0.05) is 23.7 Å². The van der Waals surface area contributed by atoms with E-state index >= 15 is 0 Å². The monoisotopic (exact) mass is 331 g/mol. The van der Waals surface area contributed by atoms with Crippen molar-refractivity contribution in [2.75, 3.05) is 25.5 Å². The summed E-state index contributed by atoms with van der Waals surface area (Å²) in [4.78, 5) is 16.5. The number of anilines is 1. The standard InChI is InChI=1S/C17H18ClN3O2/c1-23-13-4-2-11(3-5-13)14-9-20-10-15(18)16(14)21-17(22)12-6-7-19-8-12/h2-5,9-10,12,19H,6-8H2,1H3,(H,20,21,22). The highest BCUT2D eigenvalue weighted by Gasteiger charge is 2.24. The number of methoxy groups -OCH3 is 1. The fourth-order valence-electron chi connectivity index (χ4n) is 2.66. The number of aromatic nitrogens is 1. The number of amides is 1. The van der Waals surface area contributed by atoms with Crippen LogP contribution in [0.5, 0.6) is 5.75 Å². The molecule has 23 heavy (non-hydrogen) atoms. The molecule has 6 heteroatoms. The summed E-state index contributed by atoms with van der Waals surface area (Å²) >= 11 is 6.27. The molecule has 0 spiro atoms. The van der Waals surface area contributed by atoms with Crippen LogP contribution in [0.2, 0.25) is 5.02 Å². The van der Waals surface area contributed by atoms with Crippen molar-refractivity contribution in [3.05, 3.63) is 41.7 Å². The maximum absolute atomic E-state index is 12.4. The zero-order valence-electron chi connectivity index (χ0n) is 12.8. The third-order valence-electron chi connectivity index (χ3n) is 3.98. The summed E-state index contributed by atoms with van der Waals surface area (Å²) in [6.07, 6.45) is 4.08. The Bertz CT molecular complexity index is 697. The number of nitrogens with zero attached hydrogens (tertiary/aromatic N) is 1. The van der Waals surface area contributed by atoms with Gasteiger partial charge in [-0.2, -0.15) is 0 Å². The van der Waals surface area contributed by atoms with Crippen LogP contribution in [-0.4, -0.2) is 31.1 Å². The Morgan fingerprint density at radius 2 is 2.13 bits per heavy atom. The topological polar surface area (TPSA) is 63.2 Å². The first-order valence-electron chi connectivity index (χ1n) is 7.48. The van der Waals surface area contributed by atoms with Crippen LogP contribution in [0.4, 0.5) is 5.69 Å². The summed E-state index contributed by atoms with van der Waals surface area (Å²) in [7, 11) is 1.62. The van der Waals surface area contributed by atoms with Gasteiger partial charge in [0, 0.05) is 24.5 Å². The predicted molar refractivity (Wildman–Crippen MR) is 90.8 cm³/mol. The SMILES string of the molecule is COc1ccc(-c2cncc(Cl)c2NC(=O)C2CCNC2)cc1. The van der Waals surface area contributed by atoms with Crippen molar-refractivity contribution in [1.82, 2.24) is 10.3 Å². The van der Waals surface area contributed by atoms with Gasteiger partial charge in [0.15, 0.2) is 0 Å². The van der Waals surface area contributed by atoms with Crippen molar-refractivity contribution in [2.24, 2.45) is 5.92 Å². The third kappa shape index (κ3) is 3.46. The summed E-state index contributed by atoms with van der Waals surface area (Å²) in [5.41, 5.74) is 2.31. The number of hydrogen-bond acceptors (Lipinski definition) is 4. The zero-order chi connectivity index (χ0) is 16.2. The van der Waals surface area contributed by atoms with E-state index in [-0.39, 0.29) is 11.8 Å². The lowest BCUT2D eigenvalue weighted by molar-refractivity contribution is -0.119.